The highest BCUT2D eigenvalue weighted by Gasteiger charge is 2.52. The third-order valence-electron chi connectivity index (χ3n) is 6.92. The molecule has 5 unspecified atom stereocenters. The van der Waals surface area contributed by atoms with E-state index < -0.39 is 22.8 Å². The summed E-state index contributed by atoms with van der Waals surface area (Å²) in [6, 6.07) is 4.99. The lowest BCUT2D eigenvalue weighted by molar-refractivity contribution is -0.0367. The number of rotatable bonds is 5. The van der Waals surface area contributed by atoms with E-state index in [1.165, 1.54) is 12.5 Å². The molecule has 1 aromatic rings. The van der Waals surface area contributed by atoms with E-state index in [4.69, 9.17) is 21.1 Å². The minimum absolute atomic E-state index is 0.133. The molecular formula is C25H33ClFNO3. The number of fused-ring (bicyclic) bond motifs is 2. The monoisotopic (exact) mass is 449 g/mol. The average Bonchev–Trinajstić information content (AvgIpc) is 2.67. The second-order valence-corrected chi connectivity index (χ2v) is 10.8. The number of nitriles is 1. The van der Waals surface area contributed by atoms with Crippen LogP contribution in [-0.2, 0) is 4.74 Å². The quantitative estimate of drug-likeness (QED) is 0.463. The van der Waals surface area contributed by atoms with Crippen LogP contribution < -0.4 is 4.74 Å². The Bertz CT molecular complexity index is 873. The summed E-state index contributed by atoms with van der Waals surface area (Å²) in [5.74, 6) is 0.432. The van der Waals surface area contributed by atoms with Crippen molar-refractivity contribution in [1.29, 1.82) is 5.26 Å². The summed E-state index contributed by atoms with van der Waals surface area (Å²) in [4.78, 5) is 12.3. The van der Waals surface area contributed by atoms with Crippen LogP contribution in [0.15, 0.2) is 12.1 Å². The molecule has 0 aliphatic heterocycles. The molecule has 3 rings (SSSR count). The molecule has 1 aromatic carbocycles. The molecule has 0 saturated heterocycles. The summed E-state index contributed by atoms with van der Waals surface area (Å²) in [7, 11) is 0. The van der Waals surface area contributed by atoms with Crippen molar-refractivity contribution in [1.82, 2.24) is 0 Å². The number of halogens is 2. The number of nitrogens with zero attached hydrogens (tertiary/aromatic N) is 1. The molecular weight excluding hydrogens is 417 g/mol. The van der Waals surface area contributed by atoms with Crippen LogP contribution in [0.3, 0.4) is 0 Å². The third-order valence-corrected chi connectivity index (χ3v) is 7.22. The van der Waals surface area contributed by atoms with Crippen LogP contribution in [0, 0.1) is 46.2 Å². The first-order valence-electron chi connectivity index (χ1n) is 11.3. The highest BCUT2D eigenvalue weighted by Crippen LogP contribution is 2.55. The Hall–Kier alpha value is -1.80. The van der Waals surface area contributed by atoms with Gasteiger partial charge in [-0.25, -0.2) is 9.18 Å². The Morgan fingerprint density at radius 1 is 1.29 bits per heavy atom. The van der Waals surface area contributed by atoms with Crippen LogP contribution in [0.5, 0.6) is 5.75 Å². The largest absolute Gasteiger partial charge is 0.490 e. The van der Waals surface area contributed by atoms with Crippen molar-refractivity contribution in [2.45, 2.75) is 72.3 Å². The molecule has 4 nitrogen and oxygen atoms in total. The fourth-order valence-corrected chi connectivity index (χ4v) is 5.83. The van der Waals surface area contributed by atoms with E-state index in [1.807, 2.05) is 0 Å². The van der Waals surface area contributed by atoms with Crippen molar-refractivity contribution in [2.75, 3.05) is 6.61 Å². The van der Waals surface area contributed by atoms with E-state index in [9.17, 15) is 14.4 Å². The van der Waals surface area contributed by atoms with Gasteiger partial charge in [-0.3, -0.25) is 0 Å². The minimum atomic E-state index is -0.771. The molecule has 0 heterocycles. The zero-order chi connectivity index (χ0) is 23.0. The van der Waals surface area contributed by atoms with Crippen LogP contribution in [0.4, 0.5) is 4.39 Å². The summed E-state index contributed by atoms with van der Waals surface area (Å²) >= 11 is 6.34. The number of carbonyl (C=O) groups is 1. The van der Waals surface area contributed by atoms with Crippen molar-refractivity contribution in [3.05, 3.63) is 28.5 Å². The Morgan fingerprint density at radius 2 is 2.00 bits per heavy atom. The predicted molar refractivity (Wildman–Crippen MR) is 119 cm³/mol. The van der Waals surface area contributed by atoms with Crippen molar-refractivity contribution in [3.63, 3.8) is 0 Å². The molecule has 6 heteroatoms. The summed E-state index contributed by atoms with van der Waals surface area (Å²) in [6.07, 6.45) is 5.26. The molecule has 5 atom stereocenters. The van der Waals surface area contributed by atoms with Gasteiger partial charge in [0.25, 0.3) is 0 Å². The molecule has 2 bridgehead atoms. The van der Waals surface area contributed by atoms with Gasteiger partial charge in [-0.15, -0.1) is 0 Å². The van der Waals surface area contributed by atoms with Gasteiger partial charge >= 0.3 is 5.97 Å². The van der Waals surface area contributed by atoms with Crippen LogP contribution in [0.25, 0.3) is 0 Å². The van der Waals surface area contributed by atoms with Gasteiger partial charge in [0.2, 0.25) is 0 Å². The van der Waals surface area contributed by atoms with E-state index >= 15 is 0 Å². The summed E-state index contributed by atoms with van der Waals surface area (Å²) in [5.41, 5.74) is -1.57. The molecule has 2 saturated carbocycles. The number of carbonyl (C=O) groups excluding carboxylic acids is 1. The number of esters is 1. The van der Waals surface area contributed by atoms with E-state index in [2.05, 4.69) is 19.9 Å². The second kappa shape index (κ2) is 8.98. The summed E-state index contributed by atoms with van der Waals surface area (Å²) < 4.78 is 25.9. The van der Waals surface area contributed by atoms with E-state index in [0.717, 1.165) is 31.7 Å². The highest BCUT2D eigenvalue weighted by atomic mass is 35.5. The molecule has 2 aliphatic carbocycles. The van der Waals surface area contributed by atoms with Crippen LogP contribution >= 0.6 is 11.6 Å². The number of ether oxygens (including phenoxy) is 2. The molecule has 2 fully saturated rings. The van der Waals surface area contributed by atoms with Gasteiger partial charge in [0.1, 0.15) is 23.8 Å². The zero-order valence-electron chi connectivity index (χ0n) is 19.1. The maximum Gasteiger partial charge on any atom is 0.341 e. The Labute approximate surface area is 190 Å². The first kappa shape index (κ1) is 23.9. The fourth-order valence-electron chi connectivity index (χ4n) is 5.61. The maximum atomic E-state index is 14.7. The molecule has 0 amide bonds. The Kier molecular flexibility index (Phi) is 6.91. The second-order valence-electron chi connectivity index (χ2n) is 10.4. The van der Waals surface area contributed by atoms with Gasteiger partial charge in [-0.2, -0.15) is 5.26 Å². The summed E-state index contributed by atoms with van der Waals surface area (Å²) in [6.45, 7) is 9.72. The molecule has 2 aliphatic rings. The molecule has 0 aromatic heterocycles. The van der Waals surface area contributed by atoms with Gasteiger partial charge in [0.05, 0.1) is 22.1 Å². The number of hydrogen-bond donors (Lipinski definition) is 0. The van der Waals surface area contributed by atoms with Gasteiger partial charge < -0.3 is 9.47 Å². The van der Waals surface area contributed by atoms with Crippen molar-refractivity contribution in [3.8, 4) is 11.8 Å². The SMILES string of the molecule is CCC1CC2CC(C)CC(C2)C1(C#N)COc1cc(F)c(C(=O)OC(C)(C)C)cc1Cl. The smallest absolute Gasteiger partial charge is 0.341 e. The van der Waals surface area contributed by atoms with Crippen molar-refractivity contribution in [2.24, 2.45) is 29.1 Å². The van der Waals surface area contributed by atoms with E-state index in [0.29, 0.717) is 11.8 Å². The van der Waals surface area contributed by atoms with Gasteiger partial charge in [0.15, 0.2) is 0 Å². The van der Waals surface area contributed by atoms with Gasteiger partial charge in [-0.05, 0) is 76.2 Å². The van der Waals surface area contributed by atoms with Crippen molar-refractivity contribution < 1.29 is 18.7 Å². The lowest BCUT2D eigenvalue weighted by Gasteiger charge is -2.51. The first-order chi connectivity index (χ1) is 14.5. The zero-order valence-corrected chi connectivity index (χ0v) is 19.9. The highest BCUT2D eigenvalue weighted by molar-refractivity contribution is 6.32. The predicted octanol–water partition coefficient (Wildman–Crippen LogP) is 6.81. The molecule has 0 radical (unpaired) electrons. The number of hydrogen-bond acceptors (Lipinski definition) is 4. The Morgan fingerprint density at radius 3 is 2.61 bits per heavy atom. The molecule has 0 spiro atoms. The molecule has 170 valence electrons. The lowest BCUT2D eigenvalue weighted by Crippen LogP contribution is -2.49. The van der Waals surface area contributed by atoms with Crippen LogP contribution in [0.2, 0.25) is 5.02 Å². The standard InChI is InChI=1S/C25H33ClFNO3/c1-6-17-9-16-7-15(2)8-18(10-16)25(17,13-28)14-30-22-12-21(27)19(11-20(22)26)23(29)31-24(3,4)5/h11-12,15-18H,6-10,14H2,1-5H3. The van der Waals surface area contributed by atoms with E-state index in [1.54, 1.807) is 20.8 Å². The molecule has 0 N–H and O–H groups in total. The average molecular weight is 450 g/mol. The molecule has 31 heavy (non-hydrogen) atoms. The van der Waals surface area contributed by atoms with Crippen LogP contribution in [-0.4, -0.2) is 18.2 Å². The first-order valence-corrected chi connectivity index (χ1v) is 11.6. The van der Waals surface area contributed by atoms with Gasteiger partial charge in [-0.1, -0.05) is 31.9 Å². The van der Waals surface area contributed by atoms with Gasteiger partial charge in [0, 0.05) is 6.07 Å². The fraction of sp³-hybridized carbons (Fsp3) is 0.680. The third kappa shape index (κ3) is 5.00. The topological polar surface area (TPSA) is 59.3 Å². The summed E-state index contributed by atoms with van der Waals surface area (Å²) in [5, 5.41) is 10.4. The maximum absolute atomic E-state index is 14.7. The Balaban J connectivity index is 1.82. The van der Waals surface area contributed by atoms with Crippen LogP contribution in [0.1, 0.15) is 77.1 Å². The normalized spacial score (nSPS) is 30.4. The lowest BCUT2D eigenvalue weighted by atomic mass is 9.52. The van der Waals surface area contributed by atoms with E-state index in [-0.39, 0.29) is 34.8 Å². The minimum Gasteiger partial charge on any atom is -0.490 e. The van der Waals surface area contributed by atoms with Crippen molar-refractivity contribution >= 4 is 17.6 Å². The number of benzene rings is 1.